The Balaban J connectivity index is 1.43. The van der Waals surface area contributed by atoms with Gasteiger partial charge in [-0.3, -0.25) is 14.2 Å². The third kappa shape index (κ3) is 5.73. The molecule has 2 heterocycles. The lowest BCUT2D eigenvalue weighted by Gasteiger charge is -2.13. The maximum Gasteiger partial charge on any atom is 0.435 e. The topological polar surface area (TPSA) is 64.7 Å². The molecule has 0 bridgehead atoms. The SMILES string of the molecule is CC(Cn1nc(C(F)(F)F)cc1C1CC1)C(=O)Nc1nn(Cc2ccc(Cl)c(Cl)c2)cc1Br. The zero-order valence-corrected chi connectivity index (χ0v) is 20.4. The van der Waals surface area contributed by atoms with E-state index in [9.17, 15) is 18.0 Å². The van der Waals surface area contributed by atoms with Gasteiger partial charge in [-0.25, -0.2) is 0 Å². The second kappa shape index (κ2) is 9.31. The van der Waals surface area contributed by atoms with Crippen LogP contribution < -0.4 is 5.32 Å². The number of anilines is 1. The van der Waals surface area contributed by atoms with Crippen molar-refractivity contribution < 1.29 is 18.0 Å². The second-order valence-corrected chi connectivity index (χ2v) is 9.74. The first-order chi connectivity index (χ1) is 15.5. The molecule has 0 aliphatic heterocycles. The number of amides is 1. The minimum absolute atomic E-state index is 0.0371. The van der Waals surface area contributed by atoms with E-state index in [2.05, 4.69) is 31.4 Å². The Morgan fingerprint density at radius 1 is 1.24 bits per heavy atom. The second-order valence-electron chi connectivity index (χ2n) is 8.07. The number of rotatable bonds is 7. The average molecular weight is 565 g/mol. The standard InChI is InChI=1S/C21H19BrCl2F3N5O/c1-11(8-32-17(13-3-4-13)7-18(29-32)21(25,26)27)20(33)28-19-14(22)10-31(30-19)9-12-2-5-15(23)16(24)6-12/h2,5-7,10-11,13H,3-4,8-9H2,1H3,(H,28,30,33). The minimum Gasteiger partial charge on any atom is -0.308 e. The molecule has 0 saturated heterocycles. The summed E-state index contributed by atoms with van der Waals surface area (Å²) in [6.07, 6.45) is -1.16. The van der Waals surface area contributed by atoms with E-state index in [-0.39, 0.29) is 18.4 Å². The molecule has 4 rings (SSSR count). The van der Waals surface area contributed by atoms with E-state index in [0.717, 1.165) is 24.5 Å². The molecule has 2 aromatic heterocycles. The fraction of sp³-hybridized carbons (Fsp3) is 0.381. The molecule has 1 N–H and O–H groups in total. The van der Waals surface area contributed by atoms with E-state index in [1.807, 2.05) is 6.07 Å². The lowest BCUT2D eigenvalue weighted by molar-refractivity contribution is -0.141. The van der Waals surface area contributed by atoms with Crippen LogP contribution in [0, 0.1) is 5.92 Å². The minimum atomic E-state index is -4.52. The summed E-state index contributed by atoms with van der Waals surface area (Å²) in [6.45, 7) is 2.08. The highest BCUT2D eigenvalue weighted by atomic mass is 79.9. The number of hydrogen-bond donors (Lipinski definition) is 1. The maximum absolute atomic E-state index is 13.1. The Kier molecular flexibility index (Phi) is 6.80. The van der Waals surface area contributed by atoms with Gasteiger partial charge in [-0.15, -0.1) is 0 Å². The fourth-order valence-corrected chi connectivity index (χ4v) is 4.13. The van der Waals surface area contributed by atoms with Crippen molar-refractivity contribution in [3.8, 4) is 0 Å². The van der Waals surface area contributed by atoms with Gasteiger partial charge in [-0.2, -0.15) is 23.4 Å². The molecule has 1 saturated carbocycles. The number of aromatic nitrogens is 4. The quantitative estimate of drug-likeness (QED) is 0.363. The van der Waals surface area contributed by atoms with Gasteiger partial charge in [0.25, 0.3) is 0 Å². The number of benzene rings is 1. The van der Waals surface area contributed by atoms with Crippen LogP contribution in [-0.2, 0) is 24.1 Å². The molecule has 1 unspecified atom stereocenters. The van der Waals surface area contributed by atoms with Crippen LogP contribution in [0.4, 0.5) is 19.0 Å². The highest BCUT2D eigenvalue weighted by Crippen LogP contribution is 2.42. The smallest absolute Gasteiger partial charge is 0.308 e. The van der Waals surface area contributed by atoms with Gasteiger partial charge >= 0.3 is 6.18 Å². The Hall–Kier alpha value is -2.04. The molecule has 1 fully saturated rings. The van der Waals surface area contributed by atoms with Gasteiger partial charge in [0, 0.05) is 17.8 Å². The zero-order chi connectivity index (χ0) is 23.9. The van der Waals surface area contributed by atoms with Crippen LogP contribution in [0.3, 0.4) is 0 Å². The molecule has 33 heavy (non-hydrogen) atoms. The van der Waals surface area contributed by atoms with Crippen LogP contribution >= 0.6 is 39.1 Å². The molecule has 3 aromatic rings. The summed E-state index contributed by atoms with van der Waals surface area (Å²) in [4.78, 5) is 12.7. The monoisotopic (exact) mass is 563 g/mol. The van der Waals surface area contributed by atoms with Crippen molar-refractivity contribution in [2.24, 2.45) is 5.92 Å². The van der Waals surface area contributed by atoms with E-state index in [1.165, 1.54) is 4.68 Å². The van der Waals surface area contributed by atoms with Gasteiger partial charge in [0.05, 0.1) is 33.5 Å². The Morgan fingerprint density at radius 2 is 1.97 bits per heavy atom. The normalized spacial score (nSPS) is 15.0. The Bertz CT molecular complexity index is 1190. The van der Waals surface area contributed by atoms with Crippen LogP contribution in [0.1, 0.15) is 42.6 Å². The summed E-state index contributed by atoms with van der Waals surface area (Å²) in [7, 11) is 0. The predicted molar refractivity (Wildman–Crippen MR) is 122 cm³/mol. The summed E-state index contributed by atoms with van der Waals surface area (Å²) in [5, 5.41) is 11.7. The molecular weight excluding hydrogens is 546 g/mol. The molecule has 1 atom stereocenters. The molecule has 12 heteroatoms. The summed E-state index contributed by atoms with van der Waals surface area (Å²) < 4.78 is 42.8. The molecule has 176 valence electrons. The number of hydrogen-bond acceptors (Lipinski definition) is 3. The number of carbonyl (C=O) groups is 1. The Labute approximate surface area is 206 Å². The van der Waals surface area contributed by atoms with Gasteiger partial charge in [0.1, 0.15) is 0 Å². The van der Waals surface area contributed by atoms with Crippen molar-refractivity contribution in [1.82, 2.24) is 19.6 Å². The van der Waals surface area contributed by atoms with Crippen LogP contribution in [0.2, 0.25) is 10.0 Å². The molecular formula is C21H19BrCl2F3N5O. The number of alkyl halides is 3. The highest BCUT2D eigenvalue weighted by Gasteiger charge is 2.38. The van der Waals surface area contributed by atoms with E-state index in [0.29, 0.717) is 32.6 Å². The van der Waals surface area contributed by atoms with Crippen molar-refractivity contribution in [2.75, 3.05) is 5.32 Å². The summed E-state index contributed by atoms with van der Waals surface area (Å²) >= 11 is 15.4. The number of nitrogens with zero attached hydrogens (tertiary/aromatic N) is 4. The molecule has 1 aliphatic carbocycles. The third-order valence-corrected chi connectivity index (χ3v) is 6.60. The lowest BCUT2D eigenvalue weighted by atomic mass is 10.1. The largest absolute Gasteiger partial charge is 0.435 e. The van der Waals surface area contributed by atoms with E-state index >= 15 is 0 Å². The molecule has 1 aromatic carbocycles. The first kappa shape index (κ1) is 24.1. The highest BCUT2D eigenvalue weighted by molar-refractivity contribution is 9.10. The molecule has 1 aliphatic rings. The average Bonchev–Trinajstić information content (AvgIpc) is 3.39. The van der Waals surface area contributed by atoms with Crippen molar-refractivity contribution in [2.45, 2.75) is 44.9 Å². The molecule has 0 radical (unpaired) electrons. The van der Waals surface area contributed by atoms with Gasteiger partial charge < -0.3 is 5.32 Å². The predicted octanol–water partition coefficient (Wildman–Crippen LogP) is 6.37. The Morgan fingerprint density at radius 3 is 2.61 bits per heavy atom. The van der Waals surface area contributed by atoms with E-state index in [1.54, 1.807) is 29.9 Å². The van der Waals surface area contributed by atoms with Crippen molar-refractivity contribution >= 4 is 50.9 Å². The fourth-order valence-electron chi connectivity index (χ4n) is 3.39. The molecule has 0 spiro atoms. The number of nitrogens with one attached hydrogen (secondary N) is 1. The van der Waals surface area contributed by atoms with Crippen LogP contribution in [-0.4, -0.2) is 25.5 Å². The van der Waals surface area contributed by atoms with E-state index in [4.69, 9.17) is 23.2 Å². The van der Waals surface area contributed by atoms with Crippen molar-refractivity contribution in [1.29, 1.82) is 0 Å². The van der Waals surface area contributed by atoms with E-state index < -0.39 is 17.8 Å². The molecule has 6 nitrogen and oxygen atoms in total. The van der Waals surface area contributed by atoms with Crippen molar-refractivity contribution in [3.63, 3.8) is 0 Å². The summed E-state index contributed by atoms with van der Waals surface area (Å²) in [5.74, 6) is -0.627. The van der Waals surface area contributed by atoms with Crippen LogP contribution in [0.5, 0.6) is 0 Å². The van der Waals surface area contributed by atoms with Crippen LogP contribution in [0.25, 0.3) is 0 Å². The zero-order valence-electron chi connectivity index (χ0n) is 17.3. The van der Waals surface area contributed by atoms with Gasteiger partial charge in [0.15, 0.2) is 11.5 Å². The third-order valence-electron chi connectivity index (χ3n) is 5.28. The number of halogens is 6. The summed E-state index contributed by atoms with van der Waals surface area (Å²) in [6, 6.07) is 6.33. The summed E-state index contributed by atoms with van der Waals surface area (Å²) in [5.41, 5.74) is 0.465. The van der Waals surface area contributed by atoms with Gasteiger partial charge in [-0.1, -0.05) is 36.2 Å². The molecule has 1 amide bonds. The van der Waals surface area contributed by atoms with Crippen LogP contribution in [0.15, 0.2) is 34.9 Å². The van der Waals surface area contributed by atoms with Gasteiger partial charge in [0.2, 0.25) is 5.91 Å². The first-order valence-corrected chi connectivity index (χ1v) is 11.7. The van der Waals surface area contributed by atoms with Gasteiger partial charge in [-0.05, 0) is 52.5 Å². The van der Waals surface area contributed by atoms with Crippen molar-refractivity contribution in [3.05, 3.63) is 61.9 Å². The lowest BCUT2D eigenvalue weighted by Crippen LogP contribution is -2.26. The maximum atomic E-state index is 13.1. The number of carbonyl (C=O) groups excluding carboxylic acids is 1. The first-order valence-electron chi connectivity index (χ1n) is 10.1.